The van der Waals surface area contributed by atoms with Gasteiger partial charge in [-0.1, -0.05) is 38.1 Å². The maximum absolute atomic E-state index is 6.34. The first-order valence-electron chi connectivity index (χ1n) is 9.32. The van der Waals surface area contributed by atoms with Gasteiger partial charge in [-0.15, -0.1) is 0 Å². The van der Waals surface area contributed by atoms with Crippen molar-refractivity contribution in [3.8, 4) is 0 Å². The predicted octanol–water partition coefficient (Wildman–Crippen LogP) is 4.24. The molecule has 0 radical (unpaired) electrons. The summed E-state index contributed by atoms with van der Waals surface area (Å²) in [5, 5.41) is 5.71. The molecule has 1 aliphatic rings. The van der Waals surface area contributed by atoms with E-state index in [1.165, 1.54) is 0 Å². The average Bonchev–Trinajstić information content (AvgIpc) is 3.06. The molecule has 3 aromatic rings. The lowest BCUT2D eigenvalue weighted by molar-refractivity contribution is -0.0250. The first-order valence-corrected chi connectivity index (χ1v) is 9.32. The van der Waals surface area contributed by atoms with Gasteiger partial charge in [0.05, 0.1) is 23.9 Å². The van der Waals surface area contributed by atoms with E-state index in [9.17, 15) is 0 Å². The van der Waals surface area contributed by atoms with E-state index in [1.807, 2.05) is 25.2 Å². The Morgan fingerprint density at radius 2 is 2.04 bits per heavy atom. The van der Waals surface area contributed by atoms with Gasteiger partial charge in [-0.2, -0.15) is 5.10 Å². The largest absolute Gasteiger partial charge is 0.371 e. The van der Waals surface area contributed by atoms with Crippen LogP contribution in [0.15, 0.2) is 42.7 Å². The second-order valence-electron chi connectivity index (χ2n) is 8.13. The summed E-state index contributed by atoms with van der Waals surface area (Å²) in [4.78, 5) is 9.24. The van der Waals surface area contributed by atoms with Crippen LogP contribution in [0.5, 0.6) is 0 Å². The summed E-state index contributed by atoms with van der Waals surface area (Å²) in [6.07, 6.45) is 5.15. The number of aromatic nitrogens is 4. The minimum Gasteiger partial charge on any atom is -0.371 e. The Bertz CT molecular complexity index is 902. The van der Waals surface area contributed by atoms with Crippen LogP contribution < -0.4 is 0 Å². The molecule has 2 atom stereocenters. The van der Waals surface area contributed by atoms with Crippen molar-refractivity contribution in [2.24, 2.45) is 12.5 Å². The van der Waals surface area contributed by atoms with Crippen LogP contribution in [0, 0.1) is 5.41 Å². The van der Waals surface area contributed by atoms with Crippen LogP contribution in [0.2, 0.25) is 0 Å². The number of para-hydroxylation sites is 1. The summed E-state index contributed by atoms with van der Waals surface area (Å²) >= 11 is 0. The molecule has 5 heteroatoms. The zero-order valence-electron chi connectivity index (χ0n) is 15.7. The molecule has 1 saturated carbocycles. The molecule has 0 spiro atoms. The third-order valence-corrected chi connectivity index (χ3v) is 5.38. The molecular formula is C21H26N4O. The van der Waals surface area contributed by atoms with E-state index < -0.39 is 0 Å². The molecule has 2 heterocycles. The standard InChI is InChI=1S/C21H26N4O/c1-21(2)11-10-19(17(12-21)20-22-14-25(3)24-20)26-13-16-9-8-15-6-4-5-7-18(15)23-16/h4-9,14,17,19H,10-13H2,1-3H3. The molecule has 2 aromatic heterocycles. The van der Waals surface area contributed by atoms with Crippen LogP contribution in [-0.4, -0.2) is 25.9 Å². The summed E-state index contributed by atoms with van der Waals surface area (Å²) in [6, 6.07) is 12.4. The van der Waals surface area contributed by atoms with Crippen LogP contribution in [0.1, 0.15) is 50.5 Å². The molecule has 1 fully saturated rings. The lowest BCUT2D eigenvalue weighted by atomic mass is 9.70. The molecule has 1 aliphatic carbocycles. The highest BCUT2D eigenvalue weighted by atomic mass is 16.5. The Kier molecular flexibility index (Phi) is 4.49. The second kappa shape index (κ2) is 6.80. The van der Waals surface area contributed by atoms with Crippen molar-refractivity contribution in [2.45, 2.75) is 51.7 Å². The van der Waals surface area contributed by atoms with Crippen molar-refractivity contribution in [2.75, 3.05) is 0 Å². The maximum atomic E-state index is 6.34. The molecule has 4 rings (SSSR count). The third kappa shape index (κ3) is 3.63. The number of rotatable bonds is 4. The van der Waals surface area contributed by atoms with Gasteiger partial charge in [0.1, 0.15) is 6.33 Å². The Balaban J connectivity index is 1.51. The third-order valence-electron chi connectivity index (χ3n) is 5.38. The smallest absolute Gasteiger partial charge is 0.156 e. The van der Waals surface area contributed by atoms with Gasteiger partial charge in [-0.25, -0.2) is 4.98 Å². The maximum Gasteiger partial charge on any atom is 0.156 e. The van der Waals surface area contributed by atoms with Crippen LogP contribution in [0.4, 0.5) is 0 Å². The summed E-state index contributed by atoms with van der Waals surface area (Å²) < 4.78 is 8.11. The molecule has 1 aromatic carbocycles. The van der Waals surface area contributed by atoms with Gasteiger partial charge in [0.25, 0.3) is 0 Å². The molecule has 0 N–H and O–H groups in total. The zero-order chi connectivity index (χ0) is 18.1. The summed E-state index contributed by atoms with van der Waals surface area (Å²) in [5.74, 6) is 1.14. The van der Waals surface area contributed by atoms with Gasteiger partial charge >= 0.3 is 0 Å². The van der Waals surface area contributed by atoms with E-state index >= 15 is 0 Å². The highest BCUT2D eigenvalue weighted by Crippen LogP contribution is 2.44. The first kappa shape index (κ1) is 17.2. The monoisotopic (exact) mass is 350 g/mol. The van der Waals surface area contributed by atoms with Crippen LogP contribution in [0.3, 0.4) is 0 Å². The summed E-state index contributed by atoms with van der Waals surface area (Å²) in [5.41, 5.74) is 2.29. The predicted molar refractivity (Wildman–Crippen MR) is 102 cm³/mol. The van der Waals surface area contributed by atoms with E-state index in [0.717, 1.165) is 41.7 Å². The fraction of sp³-hybridized carbons (Fsp3) is 0.476. The van der Waals surface area contributed by atoms with Crippen LogP contribution in [0.25, 0.3) is 10.9 Å². The fourth-order valence-corrected chi connectivity index (χ4v) is 3.93. The van der Waals surface area contributed by atoms with Gasteiger partial charge in [-0.05, 0) is 36.8 Å². The normalized spacial score (nSPS) is 22.6. The van der Waals surface area contributed by atoms with Crippen molar-refractivity contribution < 1.29 is 4.74 Å². The number of aryl methyl sites for hydroxylation is 1. The molecule has 2 unspecified atom stereocenters. The second-order valence-corrected chi connectivity index (χ2v) is 8.13. The number of hydrogen-bond acceptors (Lipinski definition) is 4. The van der Waals surface area contributed by atoms with Crippen molar-refractivity contribution >= 4 is 10.9 Å². The Morgan fingerprint density at radius 1 is 1.19 bits per heavy atom. The molecular weight excluding hydrogens is 324 g/mol. The molecule has 26 heavy (non-hydrogen) atoms. The van der Waals surface area contributed by atoms with Gasteiger partial charge in [0, 0.05) is 18.4 Å². The number of benzene rings is 1. The minimum atomic E-state index is 0.138. The number of fused-ring (bicyclic) bond motifs is 1. The summed E-state index contributed by atoms with van der Waals surface area (Å²) in [7, 11) is 1.92. The lowest BCUT2D eigenvalue weighted by Crippen LogP contribution is -2.34. The number of nitrogens with zero attached hydrogens (tertiary/aromatic N) is 4. The molecule has 0 amide bonds. The van der Waals surface area contributed by atoms with E-state index in [0.29, 0.717) is 12.0 Å². The first-order chi connectivity index (χ1) is 12.5. The number of hydrogen-bond donors (Lipinski definition) is 0. The molecule has 0 saturated heterocycles. The average molecular weight is 350 g/mol. The SMILES string of the molecule is Cn1cnc(C2CC(C)(C)CCC2OCc2ccc3ccccc3n2)n1. The number of ether oxygens (including phenoxy) is 1. The van der Waals surface area contributed by atoms with Gasteiger partial charge in [0.15, 0.2) is 5.82 Å². The quantitative estimate of drug-likeness (QED) is 0.706. The molecule has 5 nitrogen and oxygen atoms in total. The molecule has 136 valence electrons. The van der Waals surface area contributed by atoms with Gasteiger partial charge < -0.3 is 4.74 Å². The molecule has 0 aliphatic heterocycles. The zero-order valence-corrected chi connectivity index (χ0v) is 15.7. The van der Waals surface area contributed by atoms with Gasteiger partial charge in [-0.3, -0.25) is 9.67 Å². The number of pyridine rings is 1. The van der Waals surface area contributed by atoms with E-state index in [1.54, 1.807) is 11.0 Å². The lowest BCUT2D eigenvalue weighted by Gasteiger charge is -2.39. The highest BCUT2D eigenvalue weighted by Gasteiger charge is 2.38. The summed E-state index contributed by atoms with van der Waals surface area (Å²) in [6.45, 7) is 5.17. The van der Waals surface area contributed by atoms with Crippen LogP contribution >= 0.6 is 0 Å². The Hall–Kier alpha value is -2.27. The van der Waals surface area contributed by atoms with Crippen molar-refractivity contribution in [1.29, 1.82) is 0 Å². The van der Waals surface area contributed by atoms with Crippen molar-refractivity contribution in [1.82, 2.24) is 19.7 Å². The highest BCUT2D eigenvalue weighted by molar-refractivity contribution is 5.78. The van der Waals surface area contributed by atoms with Crippen LogP contribution in [-0.2, 0) is 18.4 Å². The Morgan fingerprint density at radius 3 is 2.85 bits per heavy atom. The minimum absolute atomic E-state index is 0.138. The Labute approximate surface area is 154 Å². The van der Waals surface area contributed by atoms with E-state index in [-0.39, 0.29) is 12.0 Å². The molecule has 0 bridgehead atoms. The van der Waals surface area contributed by atoms with E-state index in [2.05, 4.69) is 42.1 Å². The fourth-order valence-electron chi connectivity index (χ4n) is 3.93. The van der Waals surface area contributed by atoms with Crippen molar-refractivity contribution in [3.05, 3.63) is 54.2 Å². The topological polar surface area (TPSA) is 52.8 Å². The van der Waals surface area contributed by atoms with E-state index in [4.69, 9.17) is 9.72 Å². The van der Waals surface area contributed by atoms with Gasteiger partial charge in [0.2, 0.25) is 0 Å². The van der Waals surface area contributed by atoms with Crippen molar-refractivity contribution in [3.63, 3.8) is 0 Å².